The number of benzene rings is 2. The van der Waals surface area contributed by atoms with Gasteiger partial charge in [-0.1, -0.05) is 18.2 Å². The van der Waals surface area contributed by atoms with Gasteiger partial charge in [0.15, 0.2) is 0 Å². The van der Waals surface area contributed by atoms with E-state index in [1.165, 1.54) is 7.11 Å². The average Bonchev–Trinajstić information content (AvgIpc) is 3.37. The number of anilines is 1. The average molecular weight is 428 g/mol. The maximum absolute atomic E-state index is 12.4. The van der Waals surface area contributed by atoms with Crippen LogP contribution in [-0.4, -0.2) is 63.3 Å². The van der Waals surface area contributed by atoms with Gasteiger partial charge < -0.3 is 34.3 Å². The Kier molecular flexibility index (Phi) is 6.66. The van der Waals surface area contributed by atoms with Gasteiger partial charge in [-0.25, -0.2) is 9.59 Å². The number of ether oxygens (including phenoxy) is 5. The Hall–Kier alpha value is -3.14. The third kappa shape index (κ3) is 5.32. The van der Waals surface area contributed by atoms with Crippen LogP contribution in [0.1, 0.15) is 0 Å². The van der Waals surface area contributed by atoms with Crippen molar-refractivity contribution in [1.29, 1.82) is 0 Å². The molecule has 0 radical (unpaired) electrons. The fourth-order valence-corrected chi connectivity index (χ4v) is 3.53. The highest BCUT2D eigenvalue weighted by Crippen LogP contribution is 2.29. The van der Waals surface area contributed by atoms with Gasteiger partial charge in [-0.3, -0.25) is 0 Å². The minimum absolute atomic E-state index is 0.167. The molecule has 4 atom stereocenters. The fourth-order valence-electron chi connectivity index (χ4n) is 3.53. The molecule has 31 heavy (non-hydrogen) atoms. The molecule has 0 saturated carbocycles. The number of rotatable bonds is 7. The van der Waals surface area contributed by atoms with Crippen molar-refractivity contribution in [1.82, 2.24) is 5.32 Å². The molecule has 0 bridgehead atoms. The molecule has 2 amide bonds. The van der Waals surface area contributed by atoms with E-state index in [1.54, 1.807) is 24.3 Å². The molecule has 0 unspecified atom stereocenters. The van der Waals surface area contributed by atoms with Gasteiger partial charge in [-0.2, -0.15) is 0 Å². The van der Waals surface area contributed by atoms with Crippen LogP contribution in [0.15, 0.2) is 54.6 Å². The van der Waals surface area contributed by atoms with Crippen molar-refractivity contribution in [3.63, 3.8) is 0 Å². The second-order valence-corrected chi connectivity index (χ2v) is 7.17. The summed E-state index contributed by atoms with van der Waals surface area (Å²) >= 11 is 0. The first-order valence-electron chi connectivity index (χ1n) is 9.94. The molecular formula is C22H24N2O7. The zero-order chi connectivity index (χ0) is 21.6. The molecule has 0 aliphatic carbocycles. The molecule has 2 N–H and O–H groups in total. The van der Waals surface area contributed by atoms with Crippen LogP contribution in [0.25, 0.3) is 0 Å². The van der Waals surface area contributed by atoms with E-state index in [9.17, 15) is 9.59 Å². The molecular weight excluding hydrogens is 404 g/mol. The zero-order valence-electron chi connectivity index (χ0n) is 17.0. The molecule has 9 heteroatoms. The summed E-state index contributed by atoms with van der Waals surface area (Å²) in [5, 5.41) is 5.66. The van der Waals surface area contributed by atoms with Gasteiger partial charge in [0.05, 0.1) is 26.4 Å². The van der Waals surface area contributed by atoms with Gasteiger partial charge in [-0.15, -0.1) is 0 Å². The molecule has 4 rings (SSSR count). The van der Waals surface area contributed by atoms with Crippen molar-refractivity contribution in [2.75, 3.05) is 32.2 Å². The summed E-state index contributed by atoms with van der Waals surface area (Å²) in [6, 6.07) is 15.8. The quantitative estimate of drug-likeness (QED) is 0.652. The zero-order valence-corrected chi connectivity index (χ0v) is 17.0. The molecule has 164 valence electrons. The minimum atomic E-state index is -0.462. The van der Waals surface area contributed by atoms with Crippen LogP contribution >= 0.6 is 0 Å². The van der Waals surface area contributed by atoms with E-state index in [0.717, 1.165) is 5.75 Å². The summed E-state index contributed by atoms with van der Waals surface area (Å²) in [5.74, 6) is 0.944. The number of carbonyl (C=O) groups is 2. The monoisotopic (exact) mass is 428 g/mol. The number of urea groups is 1. The van der Waals surface area contributed by atoms with Crippen LogP contribution in [0.2, 0.25) is 0 Å². The molecule has 0 spiro atoms. The lowest BCUT2D eigenvalue weighted by Gasteiger charge is -2.18. The number of para-hydroxylation sites is 1. The lowest BCUT2D eigenvalue weighted by molar-refractivity contribution is -0.150. The van der Waals surface area contributed by atoms with E-state index in [4.69, 9.17) is 18.9 Å². The maximum atomic E-state index is 12.4. The number of nitrogens with one attached hydrogen (secondary N) is 2. The fraction of sp³-hybridized carbons (Fsp3) is 0.364. The largest absolute Gasteiger partial charge is 0.467 e. The van der Waals surface area contributed by atoms with Crippen LogP contribution < -0.4 is 15.4 Å². The van der Waals surface area contributed by atoms with E-state index < -0.39 is 5.97 Å². The number of carbonyl (C=O) groups excluding carboxylic acids is 2. The van der Waals surface area contributed by atoms with E-state index in [2.05, 4.69) is 15.4 Å². The van der Waals surface area contributed by atoms with Crippen molar-refractivity contribution in [3.8, 4) is 11.5 Å². The smallest absolute Gasteiger partial charge is 0.331 e. The van der Waals surface area contributed by atoms with Crippen molar-refractivity contribution >= 4 is 17.7 Å². The Morgan fingerprint density at radius 2 is 1.68 bits per heavy atom. The second-order valence-electron chi connectivity index (χ2n) is 7.17. The summed E-state index contributed by atoms with van der Waals surface area (Å²) in [4.78, 5) is 23.7. The molecule has 2 aliphatic rings. The lowest BCUT2D eigenvalue weighted by Crippen LogP contribution is -2.46. The Morgan fingerprint density at radius 3 is 2.42 bits per heavy atom. The van der Waals surface area contributed by atoms with Gasteiger partial charge in [0.25, 0.3) is 0 Å². The van der Waals surface area contributed by atoms with Crippen molar-refractivity contribution in [2.45, 2.75) is 24.4 Å². The second kappa shape index (κ2) is 9.78. The molecule has 2 aromatic rings. The van der Waals surface area contributed by atoms with Crippen LogP contribution in [0, 0.1) is 0 Å². The maximum Gasteiger partial charge on any atom is 0.331 e. The predicted molar refractivity (Wildman–Crippen MR) is 110 cm³/mol. The summed E-state index contributed by atoms with van der Waals surface area (Å²) in [6.07, 6.45) is -1.06. The summed E-state index contributed by atoms with van der Waals surface area (Å²) in [7, 11) is 1.30. The van der Waals surface area contributed by atoms with Crippen molar-refractivity contribution in [2.24, 2.45) is 0 Å². The number of fused-ring (bicyclic) bond motifs is 1. The normalized spacial score (nSPS) is 24.3. The van der Waals surface area contributed by atoms with E-state index >= 15 is 0 Å². The molecule has 0 aromatic heterocycles. The Bertz CT molecular complexity index is 890. The number of amides is 2. The first-order valence-corrected chi connectivity index (χ1v) is 9.94. The Balaban J connectivity index is 1.25. The lowest BCUT2D eigenvalue weighted by atomic mass is 10.1. The highest BCUT2D eigenvalue weighted by Gasteiger charge is 2.49. The number of hydrogen-bond acceptors (Lipinski definition) is 7. The molecule has 2 fully saturated rings. The molecule has 2 aliphatic heterocycles. The Labute approximate surface area is 179 Å². The van der Waals surface area contributed by atoms with Crippen LogP contribution in [-0.2, 0) is 23.7 Å². The molecule has 9 nitrogen and oxygen atoms in total. The Morgan fingerprint density at radius 1 is 0.968 bits per heavy atom. The third-order valence-electron chi connectivity index (χ3n) is 5.06. The topological polar surface area (TPSA) is 104 Å². The third-order valence-corrected chi connectivity index (χ3v) is 5.06. The van der Waals surface area contributed by atoms with Gasteiger partial charge in [-0.05, 0) is 36.4 Å². The van der Waals surface area contributed by atoms with Gasteiger partial charge in [0.1, 0.15) is 36.4 Å². The summed E-state index contributed by atoms with van der Waals surface area (Å²) < 4.78 is 27.3. The highest BCUT2D eigenvalue weighted by molar-refractivity contribution is 5.89. The highest BCUT2D eigenvalue weighted by atomic mass is 16.6. The summed E-state index contributed by atoms with van der Waals surface area (Å²) in [6.45, 7) is 0.416. The predicted octanol–water partition coefficient (Wildman–Crippen LogP) is 2.32. The number of esters is 1. The summed E-state index contributed by atoms with van der Waals surface area (Å²) in [5.41, 5.74) is 0.625. The number of methoxy groups -OCH3 is 1. The van der Waals surface area contributed by atoms with E-state index in [0.29, 0.717) is 18.0 Å². The SMILES string of the molecule is COC(=O)CO[C@H]1CO[C@@H]2[C@@H]1OC[C@@H]2NC(=O)Nc1ccc(Oc2ccccc2)cc1. The standard InChI is InChI=1S/C22H24N2O7/c1-27-19(25)13-28-18-12-30-20-17(11-29-21(18)20)24-22(26)23-14-7-9-16(10-8-14)31-15-5-3-2-4-6-15/h2-10,17-18,20-21H,11-13H2,1H3,(H2,23,24,26)/t17-,18-,20-,21+/m0/s1. The van der Waals surface area contributed by atoms with E-state index in [-0.39, 0.29) is 43.6 Å². The first-order chi connectivity index (χ1) is 15.1. The van der Waals surface area contributed by atoms with Crippen LogP contribution in [0.4, 0.5) is 10.5 Å². The van der Waals surface area contributed by atoms with Gasteiger partial charge in [0.2, 0.25) is 0 Å². The van der Waals surface area contributed by atoms with E-state index in [1.807, 2.05) is 30.3 Å². The molecule has 2 aromatic carbocycles. The molecule has 2 heterocycles. The first kappa shape index (κ1) is 21.1. The van der Waals surface area contributed by atoms with Crippen LogP contribution in [0.3, 0.4) is 0 Å². The van der Waals surface area contributed by atoms with Gasteiger partial charge >= 0.3 is 12.0 Å². The van der Waals surface area contributed by atoms with Crippen molar-refractivity contribution < 1.29 is 33.3 Å². The van der Waals surface area contributed by atoms with Crippen molar-refractivity contribution in [3.05, 3.63) is 54.6 Å². The van der Waals surface area contributed by atoms with Crippen LogP contribution in [0.5, 0.6) is 11.5 Å². The number of hydrogen-bond donors (Lipinski definition) is 2. The molecule has 2 saturated heterocycles. The van der Waals surface area contributed by atoms with Gasteiger partial charge in [0, 0.05) is 5.69 Å². The minimum Gasteiger partial charge on any atom is -0.467 e.